The summed E-state index contributed by atoms with van der Waals surface area (Å²) in [5, 5.41) is 11.5. The van der Waals surface area contributed by atoms with Crippen molar-refractivity contribution in [3.8, 4) is 5.69 Å². The molecule has 0 aliphatic carbocycles. The van der Waals surface area contributed by atoms with Gasteiger partial charge in [0.15, 0.2) is 12.4 Å². The Labute approximate surface area is 141 Å². The van der Waals surface area contributed by atoms with E-state index in [0.717, 1.165) is 5.69 Å². The van der Waals surface area contributed by atoms with E-state index >= 15 is 0 Å². The summed E-state index contributed by atoms with van der Waals surface area (Å²) in [4.78, 5) is 11.9. The Morgan fingerprint density at radius 1 is 1.17 bits per heavy atom. The molecule has 0 saturated heterocycles. The van der Waals surface area contributed by atoms with Crippen molar-refractivity contribution in [1.29, 1.82) is 0 Å². The van der Waals surface area contributed by atoms with Gasteiger partial charge in [-0.2, -0.15) is 4.68 Å². The van der Waals surface area contributed by atoms with Crippen LogP contribution in [0.2, 0.25) is 5.02 Å². The number of nitrogens with zero attached hydrogens (tertiary/aromatic N) is 4. The molecule has 1 heterocycles. The van der Waals surface area contributed by atoms with E-state index < -0.39 is 11.8 Å². The van der Waals surface area contributed by atoms with E-state index in [0.29, 0.717) is 5.82 Å². The third-order valence-electron chi connectivity index (χ3n) is 3.28. The summed E-state index contributed by atoms with van der Waals surface area (Å²) in [7, 11) is 0. The molecule has 3 rings (SSSR count). The van der Waals surface area contributed by atoms with Crippen molar-refractivity contribution in [2.24, 2.45) is 0 Å². The van der Waals surface area contributed by atoms with Gasteiger partial charge in [0, 0.05) is 10.6 Å². The Balaban J connectivity index is 1.67. The first-order valence-corrected chi connectivity index (χ1v) is 7.44. The first-order chi connectivity index (χ1) is 11.6. The molecule has 0 bridgehead atoms. The highest BCUT2D eigenvalue weighted by atomic mass is 35.5. The van der Waals surface area contributed by atoms with E-state index in [1.165, 1.54) is 22.9 Å². The number of aromatic nitrogens is 4. The first-order valence-electron chi connectivity index (χ1n) is 7.06. The first kappa shape index (κ1) is 16.1. The molecule has 122 valence electrons. The third-order valence-corrected chi connectivity index (χ3v) is 3.63. The lowest BCUT2D eigenvalue weighted by molar-refractivity contribution is -0.144. The molecule has 0 unspecified atom stereocenters. The molecule has 24 heavy (non-hydrogen) atoms. The van der Waals surface area contributed by atoms with Gasteiger partial charge in [0.1, 0.15) is 5.82 Å². The lowest BCUT2D eigenvalue weighted by Gasteiger charge is -2.07. The number of para-hydroxylation sites is 1. The lowest BCUT2D eigenvalue weighted by Crippen LogP contribution is -2.12. The largest absolute Gasteiger partial charge is 0.457 e. The van der Waals surface area contributed by atoms with Crippen LogP contribution in [-0.4, -0.2) is 26.2 Å². The fourth-order valence-corrected chi connectivity index (χ4v) is 2.34. The smallest absolute Gasteiger partial charge is 0.310 e. The minimum absolute atomic E-state index is 0.104. The van der Waals surface area contributed by atoms with Crippen LogP contribution in [0.5, 0.6) is 0 Å². The van der Waals surface area contributed by atoms with Crippen LogP contribution in [0.25, 0.3) is 5.69 Å². The molecule has 0 aliphatic rings. The molecular weight excluding hydrogens is 335 g/mol. The summed E-state index contributed by atoms with van der Waals surface area (Å²) in [5.74, 6) is -0.813. The van der Waals surface area contributed by atoms with Crippen molar-refractivity contribution in [2.75, 3.05) is 0 Å². The van der Waals surface area contributed by atoms with Gasteiger partial charge in [-0.25, -0.2) is 4.39 Å². The molecule has 0 N–H and O–H groups in total. The van der Waals surface area contributed by atoms with E-state index in [2.05, 4.69) is 15.5 Å². The molecule has 0 radical (unpaired) electrons. The molecule has 3 aromatic rings. The van der Waals surface area contributed by atoms with Crippen molar-refractivity contribution in [1.82, 2.24) is 20.2 Å². The van der Waals surface area contributed by atoms with Crippen LogP contribution in [0.4, 0.5) is 4.39 Å². The third kappa shape index (κ3) is 3.57. The Kier molecular flexibility index (Phi) is 4.81. The highest BCUT2D eigenvalue weighted by molar-refractivity contribution is 6.31. The van der Waals surface area contributed by atoms with Gasteiger partial charge in [0.05, 0.1) is 12.1 Å². The number of rotatable bonds is 5. The maximum absolute atomic E-state index is 13.7. The van der Waals surface area contributed by atoms with Gasteiger partial charge in [0.25, 0.3) is 0 Å². The fourth-order valence-electron chi connectivity index (χ4n) is 2.11. The summed E-state index contributed by atoms with van der Waals surface area (Å²) >= 11 is 5.89. The molecule has 0 amide bonds. The predicted molar refractivity (Wildman–Crippen MR) is 84.1 cm³/mol. The number of hydrogen-bond acceptors (Lipinski definition) is 5. The van der Waals surface area contributed by atoms with Crippen molar-refractivity contribution in [2.45, 2.75) is 13.0 Å². The Hall–Kier alpha value is -2.80. The maximum Gasteiger partial charge on any atom is 0.310 e. The molecule has 0 aliphatic heterocycles. The molecule has 2 aromatic carbocycles. The molecule has 0 spiro atoms. The van der Waals surface area contributed by atoms with Crippen molar-refractivity contribution in [3.05, 3.63) is 70.8 Å². The predicted octanol–water partition coefficient (Wildman–Crippen LogP) is 2.74. The van der Waals surface area contributed by atoms with Gasteiger partial charge < -0.3 is 4.74 Å². The normalized spacial score (nSPS) is 10.6. The van der Waals surface area contributed by atoms with Gasteiger partial charge in [-0.05, 0) is 34.7 Å². The van der Waals surface area contributed by atoms with Crippen molar-refractivity contribution >= 4 is 17.6 Å². The maximum atomic E-state index is 13.7. The van der Waals surface area contributed by atoms with Gasteiger partial charge in [-0.15, -0.1) is 5.10 Å². The zero-order valence-electron chi connectivity index (χ0n) is 12.4. The standard InChI is InChI=1S/C16H12ClFN4O2/c17-13-7-4-8-14(18)12(13)9-16(23)24-10-15-19-20-21-22(15)11-5-2-1-3-6-11/h1-8H,9-10H2. The van der Waals surface area contributed by atoms with Gasteiger partial charge in [-0.1, -0.05) is 35.9 Å². The zero-order chi connectivity index (χ0) is 16.9. The summed E-state index contributed by atoms with van der Waals surface area (Å²) in [6, 6.07) is 13.4. The second kappa shape index (κ2) is 7.18. The highest BCUT2D eigenvalue weighted by Gasteiger charge is 2.15. The van der Waals surface area contributed by atoms with Crippen LogP contribution in [0.15, 0.2) is 48.5 Å². The van der Waals surface area contributed by atoms with Crippen LogP contribution in [-0.2, 0) is 22.6 Å². The molecular formula is C16H12ClFN4O2. The molecule has 0 fully saturated rings. The van der Waals surface area contributed by atoms with Crippen LogP contribution < -0.4 is 0 Å². The molecule has 0 atom stereocenters. The number of carbonyl (C=O) groups is 1. The van der Waals surface area contributed by atoms with Gasteiger partial charge in [0.2, 0.25) is 0 Å². The van der Waals surface area contributed by atoms with Crippen LogP contribution in [0, 0.1) is 5.82 Å². The number of carbonyl (C=O) groups excluding carboxylic acids is 1. The Morgan fingerprint density at radius 2 is 1.96 bits per heavy atom. The number of ether oxygens (including phenoxy) is 1. The molecule has 6 nitrogen and oxygen atoms in total. The minimum Gasteiger partial charge on any atom is -0.457 e. The molecule has 1 aromatic heterocycles. The summed E-state index contributed by atoms with van der Waals surface area (Å²) in [6.07, 6.45) is -0.265. The Bertz CT molecular complexity index is 834. The Morgan fingerprint density at radius 3 is 2.71 bits per heavy atom. The van der Waals surface area contributed by atoms with Gasteiger partial charge >= 0.3 is 5.97 Å². The van der Waals surface area contributed by atoms with Crippen LogP contribution >= 0.6 is 11.6 Å². The summed E-state index contributed by atoms with van der Waals surface area (Å²) < 4.78 is 20.3. The average molecular weight is 347 g/mol. The van der Waals surface area contributed by atoms with Crippen LogP contribution in [0.3, 0.4) is 0 Å². The topological polar surface area (TPSA) is 69.9 Å². The SMILES string of the molecule is O=C(Cc1c(F)cccc1Cl)OCc1nnnn1-c1ccccc1. The van der Waals surface area contributed by atoms with E-state index in [9.17, 15) is 9.18 Å². The quantitative estimate of drug-likeness (QED) is 0.664. The number of halogens is 2. The van der Waals surface area contributed by atoms with Gasteiger partial charge in [-0.3, -0.25) is 4.79 Å². The van der Waals surface area contributed by atoms with Crippen LogP contribution in [0.1, 0.15) is 11.4 Å². The molecule has 8 heteroatoms. The zero-order valence-corrected chi connectivity index (χ0v) is 13.2. The lowest BCUT2D eigenvalue weighted by atomic mass is 10.1. The monoisotopic (exact) mass is 346 g/mol. The number of benzene rings is 2. The summed E-state index contributed by atoms with van der Waals surface area (Å²) in [5.41, 5.74) is 0.845. The second-order valence-corrected chi connectivity index (χ2v) is 5.29. The summed E-state index contributed by atoms with van der Waals surface area (Å²) in [6.45, 7) is -0.132. The number of tetrazole rings is 1. The minimum atomic E-state index is -0.621. The van der Waals surface area contributed by atoms with E-state index in [1.54, 1.807) is 0 Å². The number of esters is 1. The average Bonchev–Trinajstić information content (AvgIpc) is 3.06. The number of hydrogen-bond donors (Lipinski definition) is 0. The second-order valence-electron chi connectivity index (χ2n) is 4.88. The van der Waals surface area contributed by atoms with E-state index in [4.69, 9.17) is 16.3 Å². The van der Waals surface area contributed by atoms with Crippen molar-refractivity contribution in [3.63, 3.8) is 0 Å². The van der Waals surface area contributed by atoms with E-state index in [-0.39, 0.29) is 23.6 Å². The van der Waals surface area contributed by atoms with Crippen molar-refractivity contribution < 1.29 is 13.9 Å². The van der Waals surface area contributed by atoms with E-state index in [1.807, 2.05) is 30.3 Å². The highest BCUT2D eigenvalue weighted by Crippen LogP contribution is 2.20. The molecule has 0 saturated carbocycles. The fraction of sp³-hybridized carbons (Fsp3) is 0.125.